The summed E-state index contributed by atoms with van der Waals surface area (Å²) in [6.45, 7) is 2.13. The van der Waals surface area contributed by atoms with Crippen molar-refractivity contribution >= 4 is 5.69 Å². The third-order valence-electron chi connectivity index (χ3n) is 3.92. The smallest absolute Gasteiger partial charge is 0.168 e. The highest BCUT2D eigenvalue weighted by Crippen LogP contribution is 2.40. The van der Waals surface area contributed by atoms with Crippen LogP contribution in [0.1, 0.15) is 30.4 Å². The van der Waals surface area contributed by atoms with Crippen molar-refractivity contribution in [2.24, 2.45) is 0 Å². The first kappa shape index (κ1) is 13.0. The van der Waals surface area contributed by atoms with E-state index < -0.39 is 0 Å². The molecule has 2 unspecified atom stereocenters. The molecule has 0 spiro atoms. The zero-order chi connectivity index (χ0) is 14.1. The average Bonchev–Trinajstić information content (AvgIpc) is 2.46. The van der Waals surface area contributed by atoms with Crippen LogP contribution in [0.15, 0.2) is 42.5 Å². The molecule has 0 fully saturated rings. The van der Waals surface area contributed by atoms with E-state index in [0.717, 1.165) is 17.7 Å². The maximum atomic E-state index is 14.5. The van der Waals surface area contributed by atoms with Crippen molar-refractivity contribution < 1.29 is 9.13 Å². The summed E-state index contributed by atoms with van der Waals surface area (Å²) in [4.78, 5) is 0. The van der Waals surface area contributed by atoms with E-state index >= 15 is 0 Å². The summed E-state index contributed by atoms with van der Waals surface area (Å²) in [5.41, 5.74) is 2.96. The molecule has 0 saturated carbocycles. The van der Waals surface area contributed by atoms with Crippen LogP contribution in [-0.2, 0) is 0 Å². The van der Waals surface area contributed by atoms with Crippen LogP contribution in [0.25, 0.3) is 0 Å². The van der Waals surface area contributed by atoms with Crippen LogP contribution < -0.4 is 10.1 Å². The molecule has 1 heterocycles. The molecule has 2 aromatic rings. The molecular formula is C17H18FNO. The second-order valence-electron chi connectivity index (χ2n) is 5.28. The van der Waals surface area contributed by atoms with Crippen LogP contribution in [-0.4, -0.2) is 13.2 Å². The van der Waals surface area contributed by atoms with E-state index in [-0.39, 0.29) is 11.7 Å². The van der Waals surface area contributed by atoms with Gasteiger partial charge in [0.15, 0.2) is 11.6 Å². The molecule has 104 valence electrons. The molecule has 0 saturated heterocycles. The average molecular weight is 271 g/mol. The van der Waals surface area contributed by atoms with E-state index in [2.05, 4.69) is 24.4 Å². The number of methoxy groups -OCH3 is 1. The summed E-state index contributed by atoms with van der Waals surface area (Å²) in [5.74, 6) is 0.132. The molecule has 1 N–H and O–H groups in total. The number of para-hydroxylation sites is 1. The van der Waals surface area contributed by atoms with Crippen molar-refractivity contribution in [3.63, 3.8) is 0 Å². The van der Waals surface area contributed by atoms with Gasteiger partial charge >= 0.3 is 0 Å². The van der Waals surface area contributed by atoms with E-state index in [1.165, 1.54) is 7.11 Å². The molecule has 0 aromatic heterocycles. The van der Waals surface area contributed by atoms with E-state index in [4.69, 9.17) is 4.74 Å². The molecule has 3 heteroatoms. The standard InChI is InChI=1S/C17H18FNO/c1-11-10-14(12-6-3-4-8-15(12)19-11)13-7-5-9-16(20-2)17(13)18/h3-9,11,14,19H,10H2,1-2H3. The minimum Gasteiger partial charge on any atom is -0.494 e. The Morgan fingerprint density at radius 3 is 2.65 bits per heavy atom. The zero-order valence-electron chi connectivity index (χ0n) is 11.7. The first-order valence-electron chi connectivity index (χ1n) is 6.88. The molecule has 2 aromatic carbocycles. The Morgan fingerprint density at radius 1 is 1.10 bits per heavy atom. The lowest BCUT2D eigenvalue weighted by atomic mass is 9.82. The molecule has 1 aliphatic rings. The number of nitrogens with one attached hydrogen (secondary N) is 1. The van der Waals surface area contributed by atoms with E-state index in [1.807, 2.05) is 24.3 Å². The molecule has 0 bridgehead atoms. The molecule has 20 heavy (non-hydrogen) atoms. The van der Waals surface area contributed by atoms with Crippen molar-refractivity contribution in [1.82, 2.24) is 0 Å². The lowest BCUT2D eigenvalue weighted by Gasteiger charge is -2.32. The Labute approximate surface area is 118 Å². The van der Waals surface area contributed by atoms with Crippen molar-refractivity contribution in [2.75, 3.05) is 12.4 Å². The summed E-state index contributed by atoms with van der Waals surface area (Å²) < 4.78 is 19.6. The minimum atomic E-state index is -0.246. The largest absolute Gasteiger partial charge is 0.494 e. The van der Waals surface area contributed by atoms with Gasteiger partial charge in [-0.15, -0.1) is 0 Å². The van der Waals surface area contributed by atoms with Gasteiger partial charge in [0, 0.05) is 17.6 Å². The lowest BCUT2D eigenvalue weighted by molar-refractivity contribution is 0.382. The molecule has 0 radical (unpaired) electrons. The number of benzene rings is 2. The lowest BCUT2D eigenvalue weighted by Crippen LogP contribution is -2.26. The van der Waals surface area contributed by atoms with Crippen molar-refractivity contribution in [3.05, 3.63) is 59.4 Å². The Balaban J connectivity index is 2.11. The van der Waals surface area contributed by atoms with Crippen molar-refractivity contribution in [2.45, 2.75) is 25.3 Å². The van der Waals surface area contributed by atoms with Gasteiger partial charge in [0.25, 0.3) is 0 Å². The van der Waals surface area contributed by atoms with Gasteiger partial charge in [0.2, 0.25) is 0 Å². The van der Waals surface area contributed by atoms with Crippen LogP contribution in [0.4, 0.5) is 10.1 Å². The number of hydrogen-bond donors (Lipinski definition) is 1. The molecule has 1 aliphatic heterocycles. The van der Waals surface area contributed by atoms with Crippen LogP contribution in [0.3, 0.4) is 0 Å². The Bertz CT molecular complexity index is 626. The third kappa shape index (κ3) is 2.13. The quantitative estimate of drug-likeness (QED) is 0.885. The van der Waals surface area contributed by atoms with Crippen LogP contribution in [0.2, 0.25) is 0 Å². The maximum Gasteiger partial charge on any atom is 0.168 e. The minimum absolute atomic E-state index is 0.0672. The summed E-state index contributed by atoms with van der Waals surface area (Å²) in [7, 11) is 1.50. The van der Waals surface area contributed by atoms with Crippen LogP contribution in [0, 0.1) is 5.82 Å². The monoisotopic (exact) mass is 271 g/mol. The number of hydrogen-bond acceptors (Lipinski definition) is 2. The molecule has 0 amide bonds. The predicted octanol–water partition coefficient (Wildman–Crippen LogP) is 4.17. The predicted molar refractivity (Wildman–Crippen MR) is 78.9 cm³/mol. The number of anilines is 1. The Morgan fingerprint density at radius 2 is 1.85 bits per heavy atom. The number of rotatable bonds is 2. The third-order valence-corrected chi connectivity index (χ3v) is 3.92. The second kappa shape index (κ2) is 5.16. The second-order valence-corrected chi connectivity index (χ2v) is 5.28. The molecule has 0 aliphatic carbocycles. The molecular weight excluding hydrogens is 253 g/mol. The SMILES string of the molecule is COc1cccc(C2CC(C)Nc3ccccc32)c1F. The molecule has 3 rings (SSSR count). The first-order chi connectivity index (χ1) is 9.70. The highest BCUT2D eigenvalue weighted by Gasteiger charge is 2.28. The Hall–Kier alpha value is -2.03. The fourth-order valence-electron chi connectivity index (χ4n) is 2.99. The first-order valence-corrected chi connectivity index (χ1v) is 6.88. The molecule has 2 atom stereocenters. The van der Waals surface area contributed by atoms with Gasteiger partial charge in [0.05, 0.1) is 7.11 Å². The van der Waals surface area contributed by atoms with Crippen LogP contribution in [0.5, 0.6) is 5.75 Å². The van der Waals surface area contributed by atoms with Crippen LogP contribution >= 0.6 is 0 Å². The van der Waals surface area contributed by atoms with Gasteiger partial charge < -0.3 is 10.1 Å². The number of halogens is 1. The maximum absolute atomic E-state index is 14.5. The van der Waals surface area contributed by atoms with Gasteiger partial charge in [-0.05, 0) is 36.6 Å². The van der Waals surface area contributed by atoms with Gasteiger partial charge in [-0.1, -0.05) is 30.3 Å². The van der Waals surface area contributed by atoms with Gasteiger partial charge in [-0.3, -0.25) is 0 Å². The van der Waals surface area contributed by atoms with E-state index in [0.29, 0.717) is 17.4 Å². The van der Waals surface area contributed by atoms with Crippen molar-refractivity contribution in [3.8, 4) is 5.75 Å². The topological polar surface area (TPSA) is 21.3 Å². The number of fused-ring (bicyclic) bond motifs is 1. The van der Waals surface area contributed by atoms with Crippen molar-refractivity contribution in [1.29, 1.82) is 0 Å². The number of ether oxygens (including phenoxy) is 1. The summed E-state index contributed by atoms with van der Waals surface area (Å²) >= 11 is 0. The fourth-order valence-corrected chi connectivity index (χ4v) is 2.99. The van der Waals surface area contributed by atoms with E-state index in [1.54, 1.807) is 6.07 Å². The summed E-state index contributed by atoms with van der Waals surface area (Å²) in [6.07, 6.45) is 0.876. The highest BCUT2D eigenvalue weighted by atomic mass is 19.1. The van der Waals surface area contributed by atoms with E-state index in [9.17, 15) is 4.39 Å². The van der Waals surface area contributed by atoms with Gasteiger partial charge in [0.1, 0.15) is 0 Å². The Kier molecular flexibility index (Phi) is 3.35. The van der Waals surface area contributed by atoms with Gasteiger partial charge in [-0.25, -0.2) is 4.39 Å². The highest BCUT2D eigenvalue weighted by molar-refractivity contribution is 5.58. The molecule has 2 nitrogen and oxygen atoms in total. The van der Waals surface area contributed by atoms with Gasteiger partial charge in [-0.2, -0.15) is 0 Å². The normalized spacial score (nSPS) is 20.9. The summed E-state index contributed by atoms with van der Waals surface area (Å²) in [6, 6.07) is 13.8. The fraction of sp³-hybridized carbons (Fsp3) is 0.294. The zero-order valence-corrected chi connectivity index (χ0v) is 11.7. The summed E-state index contributed by atoms with van der Waals surface area (Å²) in [5, 5.41) is 3.45.